The van der Waals surface area contributed by atoms with Gasteiger partial charge in [-0.05, 0) is 63.6 Å². The van der Waals surface area contributed by atoms with Gasteiger partial charge in [-0.1, -0.05) is 29.8 Å². The number of nitrogens with zero attached hydrogens (tertiary/aromatic N) is 2. The molecule has 3 rings (SSSR count). The van der Waals surface area contributed by atoms with Crippen LogP contribution in [0.4, 0.5) is 5.69 Å². The number of benzene rings is 2. The Labute approximate surface area is 166 Å². The fourth-order valence-corrected chi connectivity index (χ4v) is 3.15. The molecular weight excluding hydrogens is 348 g/mol. The van der Waals surface area contributed by atoms with E-state index < -0.39 is 0 Å². The molecule has 0 bridgehead atoms. The molecule has 5 heteroatoms. The highest BCUT2D eigenvalue weighted by Crippen LogP contribution is 2.20. The SMILES string of the molecule is Cc1ccc(NCC(=O)N/N=C\c2cc(C)n(-c3cccc(C)c3)c2C)cc1. The molecule has 144 valence electrons. The lowest BCUT2D eigenvalue weighted by Gasteiger charge is -2.10. The summed E-state index contributed by atoms with van der Waals surface area (Å²) in [6.45, 7) is 8.40. The molecule has 0 aliphatic heterocycles. The fraction of sp³-hybridized carbons (Fsp3) is 0.217. The standard InChI is InChI=1S/C23H26N4O/c1-16-8-10-21(11-9-16)24-15-23(28)26-25-14-20-13-18(3)27(19(20)4)22-7-5-6-17(2)12-22/h5-14,24H,15H2,1-4H3,(H,26,28)/b25-14-. The van der Waals surface area contributed by atoms with Crippen LogP contribution >= 0.6 is 0 Å². The van der Waals surface area contributed by atoms with Gasteiger partial charge >= 0.3 is 0 Å². The van der Waals surface area contributed by atoms with Crippen molar-refractivity contribution in [2.24, 2.45) is 5.10 Å². The summed E-state index contributed by atoms with van der Waals surface area (Å²) in [6.07, 6.45) is 1.69. The molecule has 0 aliphatic carbocycles. The zero-order valence-electron chi connectivity index (χ0n) is 16.8. The van der Waals surface area contributed by atoms with Crippen molar-refractivity contribution in [3.8, 4) is 5.69 Å². The van der Waals surface area contributed by atoms with Gasteiger partial charge in [0, 0.05) is 28.3 Å². The molecule has 28 heavy (non-hydrogen) atoms. The smallest absolute Gasteiger partial charge is 0.259 e. The fourth-order valence-electron chi connectivity index (χ4n) is 3.15. The van der Waals surface area contributed by atoms with Gasteiger partial charge < -0.3 is 9.88 Å². The number of aromatic nitrogens is 1. The largest absolute Gasteiger partial charge is 0.376 e. The molecule has 1 aromatic heterocycles. The third-order valence-electron chi connectivity index (χ3n) is 4.63. The first-order valence-corrected chi connectivity index (χ1v) is 9.32. The Balaban J connectivity index is 1.62. The third-order valence-corrected chi connectivity index (χ3v) is 4.63. The Morgan fingerprint density at radius 3 is 2.46 bits per heavy atom. The lowest BCUT2D eigenvalue weighted by molar-refractivity contribution is -0.119. The van der Waals surface area contributed by atoms with Crippen LogP contribution in [0.1, 0.15) is 28.1 Å². The molecule has 1 heterocycles. The molecule has 0 fully saturated rings. The van der Waals surface area contributed by atoms with E-state index in [4.69, 9.17) is 0 Å². The van der Waals surface area contributed by atoms with Gasteiger partial charge in [0.15, 0.2) is 0 Å². The summed E-state index contributed by atoms with van der Waals surface area (Å²) in [7, 11) is 0. The van der Waals surface area contributed by atoms with Gasteiger partial charge in [0.25, 0.3) is 5.91 Å². The van der Waals surface area contributed by atoms with E-state index in [1.807, 2.05) is 31.2 Å². The maximum Gasteiger partial charge on any atom is 0.259 e. The van der Waals surface area contributed by atoms with E-state index >= 15 is 0 Å². The maximum atomic E-state index is 12.0. The number of rotatable bonds is 6. The number of aryl methyl sites for hydroxylation is 3. The van der Waals surface area contributed by atoms with Gasteiger partial charge in [0.1, 0.15) is 0 Å². The van der Waals surface area contributed by atoms with Crippen molar-refractivity contribution < 1.29 is 4.79 Å². The second-order valence-corrected chi connectivity index (χ2v) is 7.01. The van der Waals surface area contributed by atoms with E-state index in [0.29, 0.717) is 0 Å². The number of hydrazone groups is 1. The molecule has 2 N–H and O–H groups in total. The Bertz CT molecular complexity index is 1000. The summed E-state index contributed by atoms with van der Waals surface area (Å²) in [6, 6.07) is 18.4. The van der Waals surface area contributed by atoms with Crippen molar-refractivity contribution in [1.29, 1.82) is 0 Å². The van der Waals surface area contributed by atoms with Gasteiger partial charge in [-0.15, -0.1) is 0 Å². The molecule has 0 unspecified atom stereocenters. The Kier molecular flexibility index (Phi) is 5.94. The second kappa shape index (κ2) is 8.57. The summed E-state index contributed by atoms with van der Waals surface area (Å²) in [5.74, 6) is -0.190. The van der Waals surface area contributed by atoms with Crippen LogP contribution in [0.5, 0.6) is 0 Å². The minimum absolute atomic E-state index is 0.169. The van der Waals surface area contributed by atoms with E-state index in [1.165, 1.54) is 11.1 Å². The predicted molar refractivity (Wildman–Crippen MR) is 115 cm³/mol. The van der Waals surface area contributed by atoms with Crippen LogP contribution in [-0.4, -0.2) is 23.2 Å². The van der Waals surface area contributed by atoms with Crippen molar-refractivity contribution in [3.63, 3.8) is 0 Å². The second-order valence-electron chi connectivity index (χ2n) is 7.01. The molecule has 5 nitrogen and oxygen atoms in total. The van der Waals surface area contributed by atoms with Crippen LogP contribution in [0.3, 0.4) is 0 Å². The van der Waals surface area contributed by atoms with Crippen LogP contribution < -0.4 is 10.7 Å². The molecule has 1 amide bonds. The number of hydrogen-bond donors (Lipinski definition) is 2. The number of hydrogen-bond acceptors (Lipinski definition) is 3. The minimum atomic E-state index is -0.190. The quantitative estimate of drug-likeness (QED) is 0.500. The van der Waals surface area contributed by atoms with Gasteiger partial charge in [-0.3, -0.25) is 4.79 Å². The summed E-state index contributed by atoms with van der Waals surface area (Å²) in [4.78, 5) is 12.0. The van der Waals surface area contributed by atoms with Crippen molar-refractivity contribution in [2.45, 2.75) is 27.7 Å². The van der Waals surface area contributed by atoms with Crippen LogP contribution in [0.15, 0.2) is 59.7 Å². The van der Waals surface area contributed by atoms with Gasteiger partial charge in [-0.2, -0.15) is 5.10 Å². The average molecular weight is 374 g/mol. The summed E-state index contributed by atoms with van der Waals surface area (Å²) in [5.41, 5.74) is 10.2. The summed E-state index contributed by atoms with van der Waals surface area (Å²) < 4.78 is 2.19. The van der Waals surface area contributed by atoms with Crippen molar-refractivity contribution in [1.82, 2.24) is 9.99 Å². The molecule has 3 aromatic rings. The number of carbonyl (C=O) groups is 1. The first kappa shape index (κ1) is 19.4. The van der Waals surface area contributed by atoms with E-state index in [2.05, 4.69) is 71.5 Å². The molecule has 0 radical (unpaired) electrons. The zero-order chi connectivity index (χ0) is 20.1. The number of carbonyl (C=O) groups excluding carboxylic acids is 1. The highest BCUT2D eigenvalue weighted by molar-refractivity contribution is 5.85. The van der Waals surface area contributed by atoms with Crippen LogP contribution in [-0.2, 0) is 4.79 Å². The maximum absolute atomic E-state index is 12.0. The van der Waals surface area contributed by atoms with Crippen molar-refractivity contribution >= 4 is 17.8 Å². The summed E-state index contributed by atoms with van der Waals surface area (Å²) >= 11 is 0. The first-order valence-electron chi connectivity index (χ1n) is 9.32. The molecule has 0 atom stereocenters. The third kappa shape index (κ3) is 4.68. The van der Waals surface area contributed by atoms with Crippen LogP contribution in [0, 0.1) is 27.7 Å². The van der Waals surface area contributed by atoms with E-state index in [1.54, 1.807) is 6.21 Å². The average Bonchev–Trinajstić information content (AvgIpc) is 2.95. The van der Waals surface area contributed by atoms with Crippen molar-refractivity contribution in [2.75, 3.05) is 11.9 Å². The van der Waals surface area contributed by atoms with Crippen LogP contribution in [0.25, 0.3) is 5.69 Å². The Morgan fingerprint density at radius 1 is 1.00 bits per heavy atom. The molecular formula is C23H26N4O. The topological polar surface area (TPSA) is 58.4 Å². The Hall–Kier alpha value is -3.34. The number of amides is 1. The van der Waals surface area contributed by atoms with Gasteiger partial charge in [0.2, 0.25) is 0 Å². The van der Waals surface area contributed by atoms with Gasteiger partial charge in [0.05, 0.1) is 12.8 Å². The highest BCUT2D eigenvalue weighted by Gasteiger charge is 2.09. The lowest BCUT2D eigenvalue weighted by atomic mass is 10.2. The van der Waals surface area contributed by atoms with Crippen molar-refractivity contribution in [3.05, 3.63) is 82.7 Å². The van der Waals surface area contributed by atoms with E-state index in [-0.39, 0.29) is 12.5 Å². The number of nitrogens with one attached hydrogen (secondary N) is 2. The van der Waals surface area contributed by atoms with Crippen LogP contribution in [0.2, 0.25) is 0 Å². The molecule has 0 aliphatic rings. The predicted octanol–water partition coefficient (Wildman–Crippen LogP) is 4.27. The molecule has 0 saturated carbocycles. The first-order chi connectivity index (χ1) is 13.4. The van der Waals surface area contributed by atoms with Gasteiger partial charge in [-0.25, -0.2) is 5.43 Å². The monoisotopic (exact) mass is 374 g/mol. The number of anilines is 1. The Morgan fingerprint density at radius 2 is 1.75 bits per heavy atom. The lowest BCUT2D eigenvalue weighted by Crippen LogP contribution is -2.25. The molecule has 0 spiro atoms. The normalized spacial score (nSPS) is 11.0. The van der Waals surface area contributed by atoms with E-state index in [9.17, 15) is 4.79 Å². The van der Waals surface area contributed by atoms with E-state index in [0.717, 1.165) is 28.3 Å². The highest BCUT2D eigenvalue weighted by atomic mass is 16.2. The minimum Gasteiger partial charge on any atom is -0.376 e. The summed E-state index contributed by atoms with van der Waals surface area (Å²) in [5, 5.41) is 7.20. The zero-order valence-corrected chi connectivity index (χ0v) is 16.8. The molecule has 2 aromatic carbocycles. The molecule has 0 saturated heterocycles.